The van der Waals surface area contributed by atoms with E-state index in [0.717, 1.165) is 4.31 Å². The predicted molar refractivity (Wildman–Crippen MR) is 109 cm³/mol. The van der Waals surface area contributed by atoms with Gasteiger partial charge in [0.25, 0.3) is 5.91 Å². The number of nitrogens with zero attached hydrogens (tertiary/aromatic N) is 1. The number of amides is 2. The van der Waals surface area contributed by atoms with Crippen LogP contribution in [0.3, 0.4) is 0 Å². The molecular formula is C19H22ClN3O4S. The standard InChI is InChI=1S/C19H22ClN3O4S/c1-13(2)21-19(25)16-6-4-5-7-17(16)22-18(24)12-23(3)28(26,27)15-10-8-14(20)9-11-15/h4-11,13H,12H2,1-3H3,(H,21,25)(H,22,24). The van der Waals surface area contributed by atoms with E-state index in [1.165, 1.54) is 31.3 Å². The van der Waals surface area contributed by atoms with Gasteiger partial charge in [0.2, 0.25) is 15.9 Å². The zero-order valence-electron chi connectivity index (χ0n) is 15.8. The van der Waals surface area contributed by atoms with E-state index in [-0.39, 0.29) is 16.8 Å². The van der Waals surface area contributed by atoms with Crippen molar-refractivity contribution in [2.24, 2.45) is 0 Å². The van der Waals surface area contributed by atoms with Crippen molar-refractivity contribution in [3.63, 3.8) is 0 Å². The van der Waals surface area contributed by atoms with Crippen molar-refractivity contribution in [1.29, 1.82) is 0 Å². The fourth-order valence-electron chi connectivity index (χ4n) is 2.39. The van der Waals surface area contributed by atoms with E-state index in [1.807, 2.05) is 13.8 Å². The first-order chi connectivity index (χ1) is 13.1. The highest BCUT2D eigenvalue weighted by Gasteiger charge is 2.23. The van der Waals surface area contributed by atoms with Gasteiger partial charge in [0.1, 0.15) is 0 Å². The third-order valence-electron chi connectivity index (χ3n) is 3.75. The van der Waals surface area contributed by atoms with Crippen LogP contribution in [0.5, 0.6) is 0 Å². The van der Waals surface area contributed by atoms with Crippen LogP contribution < -0.4 is 10.6 Å². The summed E-state index contributed by atoms with van der Waals surface area (Å²) in [5.41, 5.74) is 0.607. The molecule has 2 N–H and O–H groups in total. The highest BCUT2D eigenvalue weighted by atomic mass is 35.5. The lowest BCUT2D eigenvalue weighted by molar-refractivity contribution is -0.116. The van der Waals surface area contributed by atoms with Crippen molar-refractivity contribution in [2.75, 3.05) is 18.9 Å². The molecule has 0 fully saturated rings. The van der Waals surface area contributed by atoms with Crippen molar-refractivity contribution < 1.29 is 18.0 Å². The van der Waals surface area contributed by atoms with Crippen LogP contribution >= 0.6 is 11.6 Å². The number of nitrogens with one attached hydrogen (secondary N) is 2. The Morgan fingerprint density at radius 2 is 1.68 bits per heavy atom. The summed E-state index contributed by atoms with van der Waals surface area (Å²) in [6, 6.07) is 12.1. The highest BCUT2D eigenvalue weighted by molar-refractivity contribution is 7.89. The maximum absolute atomic E-state index is 12.6. The molecule has 0 aliphatic heterocycles. The Bertz CT molecular complexity index is 959. The number of halogens is 1. The summed E-state index contributed by atoms with van der Waals surface area (Å²) < 4.78 is 26.1. The van der Waals surface area contributed by atoms with Crippen molar-refractivity contribution in [3.8, 4) is 0 Å². The van der Waals surface area contributed by atoms with Crippen LogP contribution in [0.1, 0.15) is 24.2 Å². The Hall–Kier alpha value is -2.42. The number of carbonyl (C=O) groups excluding carboxylic acids is 2. The Balaban J connectivity index is 2.12. The summed E-state index contributed by atoms with van der Waals surface area (Å²) in [5, 5.41) is 5.77. The number of hydrogen-bond acceptors (Lipinski definition) is 4. The maximum Gasteiger partial charge on any atom is 0.253 e. The minimum absolute atomic E-state index is 0.0314. The molecule has 28 heavy (non-hydrogen) atoms. The largest absolute Gasteiger partial charge is 0.350 e. The SMILES string of the molecule is CC(C)NC(=O)c1ccccc1NC(=O)CN(C)S(=O)(=O)c1ccc(Cl)cc1. The zero-order valence-corrected chi connectivity index (χ0v) is 17.3. The van der Waals surface area contributed by atoms with Gasteiger partial charge in [-0.25, -0.2) is 8.42 Å². The van der Waals surface area contributed by atoms with Crippen LogP contribution in [-0.2, 0) is 14.8 Å². The predicted octanol–water partition coefficient (Wildman–Crippen LogP) is 2.74. The minimum Gasteiger partial charge on any atom is -0.350 e. The molecule has 0 aliphatic carbocycles. The number of hydrogen-bond donors (Lipinski definition) is 2. The monoisotopic (exact) mass is 423 g/mol. The molecule has 0 radical (unpaired) electrons. The molecule has 2 rings (SSSR count). The van der Waals surface area contributed by atoms with Gasteiger partial charge in [-0.15, -0.1) is 0 Å². The minimum atomic E-state index is -3.85. The molecule has 0 aliphatic rings. The van der Waals surface area contributed by atoms with E-state index in [1.54, 1.807) is 24.3 Å². The summed E-state index contributed by atoms with van der Waals surface area (Å²) in [7, 11) is -2.54. The molecular weight excluding hydrogens is 402 g/mol. The van der Waals surface area contributed by atoms with Crippen LogP contribution in [0, 0.1) is 0 Å². The fraction of sp³-hybridized carbons (Fsp3) is 0.263. The highest BCUT2D eigenvalue weighted by Crippen LogP contribution is 2.18. The van der Waals surface area contributed by atoms with Gasteiger partial charge in [0, 0.05) is 18.1 Å². The van der Waals surface area contributed by atoms with Gasteiger partial charge < -0.3 is 10.6 Å². The second-order valence-corrected chi connectivity index (χ2v) is 8.92. The fourth-order valence-corrected chi connectivity index (χ4v) is 3.65. The lowest BCUT2D eigenvalue weighted by Gasteiger charge is -2.18. The normalized spacial score (nSPS) is 11.5. The number of benzene rings is 2. The van der Waals surface area contributed by atoms with Crippen LogP contribution in [0.2, 0.25) is 5.02 Å². The third kappa shape index (κ3) is 5.54. The number of likely N-dealkylation sites (N-methyl/N-ethyl adjacent to an activating group) is 1. The number of carbonyl (C=O) groups is 2. The molecule has 0 saturated heterocycles. The Morgan fingerprint density at radius 1 is 1.07 bits per heavy atom. The van der Waals surface area contributed by atoms with Crippen LogP contribution in [0.25, 0.3) is 0 Å². The number of anilines is 1. The molecule has 2 aromatic rings. The van der Waals surface area contributed by atoms with E-state index in [0.29, 0.717) is 16.3 Å². The molecule has 7 nitrogen and oxygen atoms in total. The molecule has 9 heteroatoms. The molecule has 150 valence electrons. The van der Waals surface area contributed by atoms with Crippen molar-refractivity contribution in [2.45, 2.75) is 24.8 Å². The van der Waals surface area contributed by atoms with Crippen molar-refractivity contribution >= 4 is 39.1 Å². The van der Waals surface area contributed by atoms with Crippen LogP contribution in [-0.4, -0.2) is 44.2 Å². The topological polar surface area (TPSA) is 95.6 Å². The van der Waals surface area contributed by atoms with Crippen molar-refractivity contribution in [3.05, 3.63) is 59.1 Å². The molecule has 2 amide bonds. The van der Waals surface area contributed by atoms with Gasteiger partial charge >= 0.3 is 0 Å². The molecule has 0 bridgehead atoms. The van der Waals surface area contributed by atoms with Crippen LogP contribution in [0.4, 0.5) is 5.69 Å². The van der Waals surface area contributed by atoms with E-state index < -0.39 is 22.5 Å². The van der Waals surface area contributed by atoms with Gasteiger partial charge in [-0.1, -0.05) is 23.7 Å². The van der Waals surface area contributed by atoms with Gasteiger partial charge in [0.05, 0.1) is 22.7 Å². The average molecular weight is 424 g/mol. The van der Waals surface area contributed by atoms with Gasteiger partial charge in [-0.2, -0.15) is 4.31 Å². The van der Waals surface area contributed by atoms with Crippen LogP contribution in [0.15, 0.2) is 53.4 Å². The Morgan fingerprint density at radius 3 is 2.29 bits per heavy atom. The second kappa shape index (κ2) is 9.18. The molecule has 0 saturated carbocycles. The molecule has 0 spiro atoms. The number of sulfonamides is 1. The maximum atomic E-state index is 12.6. The molecule has 2 aromatic carbocycles. The zero-order chi connectivity index (χ0) is 20.9. The molecule has 0 atom stereocenters. The van der Waals surface area contributed by atoms with Crippen molar-refractivity contribution in [1.82, 2.24) is 9.62 Å². The molecule has 0 aromatic heterocycles. The summed E-state index contributed by atoms with van der Waals surface area (Å²) in [6.45, 7) is 3.25. The Kier molecular flexibility index (Phi) is 7.17. The quantitative estimate of drug-likeness (QED) is 0.715. The summed E-state index contributed by atoms with van der Waals surface area (Å²) >= 11 is 5.78. The van der Waals surface area contributed by atoms with Gasteiger partial charge in [-0.3, -0.25) is 9.59 Å². The third-order valence-corrected chi connectivity index (χ3v) is 5.82. The van der Waals surface area contributed by atoms with E-state index in [9.17, 15) is 18.0 Å². The summed E-state index contributed by atoms with van der Waals surface area (Å²) in [5.74, 6) is -0.891. The average Bonchev–Trinajstić information content (AvgIpc) is 2.61. The first-order valence-electron chi connectivity index (χ1n) is 8.53. The van der Waals surface area contributed by atoms with E-state index >= 15 is 0 Å². The first-order valence-corrected chi connectivity index (χ1v) is 10.3. The number of rotatable bonds is 7. The van der Waals surface area contributed by atoms with E-state index in [4.69, 9.17) is 11.6 Å². The lowest BCUT2D eigenvalue weighted by atomic mass is 10.1. The van der Waals surface area contributed by atoms with Gasteiger partial charge in [-0.05, 0) is 50.2 Å². The smallest absolute Gasteiger partial charge is 0.253 e. The molecule has 0 unspecified atom stereocenters. The first kappa shape index (κ1) is 21.9. The van der Waals surface area contributed by atoms with Gasteiger partial charge in [0.15, 0.2) is 0 Å². The molecule has 0 heterocycles. The number of para-hydroxylation sites is 1. The lowest BCUT2D eigenvalue weighted by Crippen LogP contribution is -2.35. The summed E-state index contributed by atoms with van der Waals surface area (Å²) in [6.07, 6.45) is 0. The van der Waals surface area contributed by atoms with E-state index in [2.05, 4.69) is 10.6 Å². The summed E-state index contributed by atoms with van der Waals surface area (Å²) in [4.78, 5) is 24.7. The Labute approximate surface area is 169 Å². The second-order valence-electron chi connectivity index (χ2n) is 6.44.